The molecule has 0 bridgehead atoms. The number of imidazole rings is 4. The zero-order valence-corrected chi connectivity index (χ0v) is 77.2. The fourth-order valence-electron chi connectivity index (χ4n) is 15.8. The fraction of sp³-hybridized carbons (Fsp3) is 0.398. The molecule has 4 aromatic carbocycles. The standard InChI is InChI=1S/3C21H21F3N8O.C16H19N7.C7H14N2O2.C2H4O2/c3*1-11-25-16(8-17(26-11)32-20(27-12(2)29-32)18(33)21(22,23)24)31-9-13(10-31)19-28-14-6-4-5-7-15(14)30(19)3;1-10-18-14(21-17)7-15(19-10)23-8-11(9-23)16-20-12-5-3-4-6-13(12)22(16)2;1-5(10)7(11)8-6(2)9(3)4;1-2(3)4/h3*4-8,13,18,33H,9-10H2,1-3H3;3-7,11H,8-9,17H2,1-2H3,(H,18,19,21);5,10H,1-4H3;1H3,(H,3,4). The number of amidine groups is 1. The molecule has 15 heterocycles. The zero-order chi connectivity index (χ0) is 99.0. The second kappa shape index (κ2) is 39.7. The summed E-state index contributed by atoms with van der Waals surface area (Å²) in [5.74, 6) is 13.5. The quantitative estimate of drug-likeness (QED) is 0.0155. The van der Waals surface area contributed by atoms with Crippen molar-refractivity contribution in [3.8, 4) is 17.5 Å². The number of carbonyl (C=O) groups is 2. The van der Waals surface area contributed by atoms with Crippen LogP contribution in [0.4, 0.5) is 68.6 Å². The number of carboxylic acids is 1. The van der Waals surface area contributed by atoms with Gasteiger partial charge in [-0.15, -0.1) is 15.3 Å². The Morgan fingerprint density at radius 3 is 0.847 bits per heavy atom. The minimum absolute atomic E-state index is 0.0944. The maximum Gasteiger partial charge on any atom is 0.421 e. The number of nitrogens with two attached hydrogens (primary N) is 1. The number of carboxylic acid groups (broad SMARTS) is 1. The number of hydrogen-bond donors (Lipinski definition) is 7. The van der Waals surface area contributed by atoms with Crippen LogP contribution < -0.4 is 30.9 Å². The Bertz CT molecular complexity index is 6440. The van der Waals surface area contributed by atoms with Gasteiger partial charge >= 0.3 is 18.5 Å². The summed E-state index contributed by atoms with van der Waals surface area (Å²) >= 11 is 0. The molecule has 4 fully saturated rings. The van der Waals surface area contributed by atoms with Gasteiger partial charge in [0.05, 0.1) is 67.8 Å². The molecular weight excluding hydrogens is 1800 g/mol. The average Bonchev–Trinajstić information content (AvgIpc) is 1.66. The SMILES string of the molecule is CC(=NC(=O)C(C)O)N(C)C.CC(=O)O.Cc1nc(N2CC(c3nc4ccccc4n3C)C2)cc(-n2nc(C)nc2C(O)C(F)(F)F)n1.Cc1nc(N2CC(c3nc4ccccc4n3C)C2)cc(-n2nc(C)nc2C(O)C(F)(F)F)n1.Cc1nc(N2CC(c3nc4ccccc4n3C)C2)cc(-n2nc(C)nc2C(O)C(F)(F)F)n1.Cc1nc(NN)cc(N2CC(c3nc4ccccc4n3C)C2)n1. The van der Waals surface area contributed by atoms with Crippen LogP contribution >= 0.6 is 0 Å². The van der Waals surface area contributed by atoms with Crippen molar-refractivity contribution >= 4 is 90.9 Å². The van der Waals surface area contributed by atoms with Crippen molar-refractivity contribution in [3.05, 3.63) is 203 Å². The molecule has 1 amide bonds. The molecule has 49 heteroatoms. The summed E-state index contributed by atoms with van der Waals surface area (Å²) in [6, 6.07) is 38.5. The lowest BCUT2D eigenvalue weighted by molar-refractivity contribution is -0.210. The average molecular weight is 1900 g/mol. The van der Waals surface area contributed by atoms with Crippen molar-refractivity contribution in [2.75, 3.05) is 91.5 Å². The number of rotatable bonds is 16. The summed E-state index contributed by atoms with van der Waals surface area (Å²) in [5.41, 5.74) is 10.8. The van der Waals surface area contributed by atoms with E-state index in [0.717, 1.165) is 102 Å². The first-order chi connectivity index (χ1) is 64.7. The second-order valence-electron chi connectivity index (χ2n) is 33.4. The molecule has 722 valence electrons. The van der Waals surface area contributed by atoms with Gasteiger partial charge in [0.25, 0.3) is 11.9 Å². The molecule has 11 aromatic heterocycles. The molecular formula is C88H100F9N33O7. The minimum atomic E-state index is -4.88. The molecule has 0 radical (unpaired) electrons. The summed E-state index contributed by atoms with van der Waals surface area (Å²) in [6.45, 7) is 21.1. The summed E-state index contributed by atoms with van der Waals surface area (Å²) < 4.78 is 129. The normalized spacial score (nSPS) is 15.3. The number of nitrogen functional groups attached to an aromatic ring is 1. The Balaban J connectivity index is 0.000000140. The number of hydrazine groups is 1. The van der Waals surface area contributed by atoms with Gasteiger partial charge < -0.3 is 73.7 Å². The number of hydrogen-bond acceptors (Lipinski definition) is 30. The number of anilines is 5. The Labute approximate surface area is 776 Å². The van der Waals surface area contributed by atoms with Gasteiger partial charge in [0, 0.05) is 126 Å². The van der Waals surface area contributed by atoms with Crippen molar-refractivity contribution < 1.29 is 74.6 Å². The number of halogens is 9. The Kier molecular flexibility index (Phi) is 28.5. The zero-order valence-electron chi connectivity index (χ0n) is 77.2. The van der Waals surface area contributed by atoms with E-state index in [4.69, 9.17) is 40.8 Å². The van der Waals surface area contributed by atoms with Crippen LogP contribution in [0.25, 0.3) is 61.6 Å². The molecule has 15 aromatic rings. The number of aliphatic imine (C=N–C) groups is 1. The van der Waals surface area contributed by atoms with Crippen LogP contribution in [0.2, 0.25) is 0 Å². The maximum absolute atomic E-state index is 13.1. The fourth-order valence-corrected chi connectivity index (χ4v) is 15.8. The van der Waals surface area contributed by atoms with Crippen molar-refractivity contribution in [1.82, 2.24) is 127 Å². The maximum atomic E-state index is 13.1. The van der Waals surface area contributed by atoms with Crippen LogP contribution in [-0.4, -0.2) is 262 Å². The highest BCUT2D eigenvalue weighted by Gasteiger charge is 2.47. The van der Waals surface area contributed by atoms with E-state index in [0.29, 0.717) is 97.6 Å². The molecule has 4 aliphatic rings. The van der Waals surface area contributed by atoms with Crippen molar-refractivity contribution in [1.29, 1.82) is 0 Å². The molecule has 40 nitrogen and oxygen atoms in total. The van der Waals surface area contributed by atoms with Gasteiger partial charge in [-0.05, 0) is 111 Å². The smallest absolute Gasteiger partial charge is 0.421 e. The number of aryl methyl sites for hydroxylation is 11. The molecule has 19 rings (SSSR count). The summed E-state index contributed by atoms with van der Waals surface area (Å²) in [6.07, 6.45) is -24.0. The molecule has 4 atom stereocenters. The van der Waals surface area contributed by atoms with Crippen LogP contribution in [0.1, 0.15) is 144 Å². The number of para-hydroxylation sites is 8. The van der Waals surface area contributed by atoms with Crippen LogP contribution in [0.15, 0.2) is 126 Å². The van der Waals surface area contributed by atoms with Crippen molar-refractivity contribution in [3.63, 3.8) is 0 Å². The highest BCUT2D eigenvalue weighted by atomic mass is 19.4. The van der Waals surface area contributed by atoms with E-state index in [9.17, 15) is 59.6 Å². The lowest BCUT2D eigenvalue weighted by Gasteiger charge is -2.39. The number of alkyl halides is 9. The number of aliphatic hydroxyl groups excluding tert-OH is 4. The lowest BCUT2D eigenvalue weighted by atomic mass is 9.99. The van der Waals surface area contributed by atoms with Gasteiger partial charge in [-0.25, -0.2) is 80.6 Å². The number of aromatic nitrogens is 25. The Hall–Kier alpha value is -14.7. The van der Waals surface area contributed by atoms with E-state index in [1.54, 1.807) is 64.9 Å². The molecule has 4 unspecified atom stereocenters. The largest absolute Gasteiger partial charge is 0.481 e. The third-order valence-electron chi connectivity index (χ3n) is 22.8. The Morgan fingerprint density at radius 2 is 0.620 bits per heavy atom. The van der Waals surface area contributed by atoms with E-state index in [1.807, 2.05) is 134 Å². The first kappa shape index (κ1) is 98.3. The van der Waals surface area contributed by atoms with Gasteiger partial charge in [0.15, 0.2) is 34.9 Å². The molecule has 137 heavy (non-hydrogen) atoms. The third-order valence-corrected chi connectivity index (χ3v) is 22.8. The first-order valence-electron chi connectivity index (χ1n) is 42.9. The molecule has 0 spiro atoms. The molecule has 8 N–H and O–H groups in total. The van der Waals surface area contributed by atoms with Crippen LogP contribution in [0, 0.1) is 48.5 Å². The summed E-state index contributed by atoms with van der Waals surface area (Å²) in [4.78, 5) is 98.5. The van der Waals surface area contributed by atoms with Crippen molar-refractivity contribution in [2.24, 2.45) is 39.0 Å². The van der Waals surface area contributed by atoms with E-state index >= 15 is 0 Å². The van der Waals surface area contributed by atoms with Crippen molar-refractivity contribution in [2.45, 2.75) is 136 Å². The van der Waals surface area contributed by atoms with E-state index in [-0.39, 0.29) is 52.7 Å². The highest BCUT2D eigenvalue weighted by molar-refractivity contribution is 5.94. The van der Waals surface area contributed by atoms with E-state index in [1.165, 1.54) is 33.2 Å². The van der Waals surface area contributed by atoms with Gasteiger partial charge in [-0.2, -0.15) is 58.6 Å². The third kappa shape index (κ3) is 21.8. The number of carbonyl (C=O) groups excluding carboxylic acids is 1. The first-order valence-corrected chi connectivity index (χ1v) is 42.9. The number of aliphatic hydroxyl groups is 4. The number of aliphatic carboxylic acids is 1. The molecule has 0 aliphatic carbocycles. The van der Waals surface area contributed by atoms with E-state index in [2.05, 4.69) is 123 Å². The molecule has 0 saturated carbocycles. The number of nitrogens with one attached hydrogen (secondary N) is 1. The van der Waals surface area contributed by atoms with E-state index < -0.39 is 72.3 Å². The predicted octanol–water partition coefficient (Wildman–Crippen LogP) is 9.81. The molecule has 4 saturated heterocycles. The number of fused-ring (bicyclic) bond motifs is 4. The number of nitrogens with zero attached hydrogens (tertiary/aromatic N) is 31. The predicted molar refractivity (Wildman–Crippen MR) is 486 cm³/mol. The minimum Gasteiger partial charge on any atom is -0.481 e. The topological polar surface area (TPSA) is 468 Å². The highest BCUT2D eigenvalue weighted by Crippen LogP contribution is 2.41. The monoisotopic (exact) mass is 1900 g/mol. The Morgan fingerprint density at radius 1 is 0.387 bits per heavy atom. The van der Waals surface area contributed by atoms with Gasteiger partial charge in [-0.3, -0.25) is 9.59 Å². The lowest BCUT2D eigenvalue weighted by Crippen LogP contribution is -2.46. The van der Waals surface area contributed by atoms with Crippen LogP contribution in [0.3, 0.4) is 0 Å². The second-order valence-corrected chi connectivity index (χ2v) is 33.4. The summed E-state index contributed by atoms with van der Waals surface area (Å²) in [5, 5.41) is 57.5. The van der Waals surface area contributed by atoms with Crippen LogP contribution in [0.5, 0.6) is 0 Å². The van der Waals surface area contributed by atoms with Gasteiger partial charge in [0.1, 0.15) is 105 Å². The molecule has 4 aliphatic heterocycles. The van der Waals surface area contributed by atoms with Gasteiger partial charge in [-0.1, -0.05) is 48.5 Å². The van der Waals surface area contributed by atoms with Gasteiger partial charge in [0.2, 0.25) is 18.3 Å². The van der Waals surface area contributed by atoms with Crippen LogP contribution in [-0.2, 0) is 37.8 Å². The summed E-state index contributed by atoms with van der Waals surface area (Å²) in [7, 11) is 11.6. The number of amides is 1. The number of benzene rings is 4.